The number of benzene rings is 4. The number of nitrogen functional groups attached to an aromatic ring is 3. The number of nitro groups is 3. The summed E-state index contributed by atoms with van der Waals surface area (Å²) in [6.07, 6.45) is 0. The summed E-state index contributed by atoms with van der Waals surface area (Å²) in [4.78, 5) is 31.0. The number of hydrogen-bond acceptors (Lipinski definition) is 15. The van der Waals surface area contributed by atoms with Crippen LogP contribution in [0.25, 0.3) is 0 Å². The van der Waals surface area contributed by atoms with Gasteiger partial charge in [0.15, 0.2) is 0 Å². The molecule has 0 saturated carbocycles. The van der Waals surface area contributed by atoms with E-state index >= 15 is 0 Å². The summed E-state index contributed by atoms with van der Waals surface area (Å²) >= 11 is 0. The maximum atomic E-state index is 10.9. The van der Waals surface area contributed by atoms with E-state index in [1.165, 1.54) is 72.8 Å². The van der Waals surface area contributed by atoms with Crippen LogP contribution in [0.5, 0.6) is 0 Å². The molecule has 0 aliphatic carbocycles. The third-order valence-electron chi connectivity index (χ3n) is 5.51. The summed E-state index contributed by atoms with van der Waals surface area (Å²) in [6, 6.07) is 15.5. The van der Waals surface area contributed by atoms with Crippen molar-refractivity contribution in [3.05, 3.63) is 103 Å². The Morgan fingerprint density at radius 3 is 0.810 bits per heavy atom. The third kappa shape index (κ3) is 6.29. The molecule has 0 saturated heterocycles. The van der Waals surface area contributed by atoms with Crippen molar-refractivity contribution >= 4 is 68.2 Å². The molecule has 6 N–H and O–H groups in total. The zero-order valence-electron chi connectivity index (χ0n) is 21.1. The van der Waals surface area contributed by atoms with Gasteiger partial charge in [0.1, 0.15) is 17.1 Å². The Morgan fingerprint density at radius 1 is 0.405 bits per heavy atom. The molecular weight excluding hydrogens is 552 g/mol. The lowest BCUT2D eigenvalue weighted by atomic mass is 10.1. The predicted octanol–water partition coefficient (Wildman–Crippen LogP) is 7.40. The lowest BCUT2D eigenvalue weighted by molar-refractivity contribution is -0.385. The maximum absolute atomic E-state index is 10.9. The van der Waals surface area contributed by atoms with Crippen LogP contribution < -0.4 is 17.2 Å². The van der Waals surface area contributed by atoms with Gasteiger partial charge in [-0.2, -0.15) is 15.3 Å². The highest BCUT2D eigenvalue weighted by Gasteiger charge is 2.21. The van der Waals surface area contributed by atoms with E-state index < -0.39 is 14.8 Å². The molecule has 4 aromatic rings. The molecule has 210 valence electrons. The van der Waals surface area contributed by atoms with Crippen LogP contribution in [-0.4, -0.2) is 14.8 Å². The quantitative estimate of drug-likeness (QED) is 0.0779. The fraction of sp³-hybridized carbons (Fsp3) is 0. The molecule has 0 spiro atoms. The van der Waals surface area contributed by atoms with E-state index in [9.17, 15) is 30.3 Å². The highest BCUT2D eigenvalue weighted by molar-refractivity contribution is 6.01. The SMILES string of the molecule is Nc1c(N=Nc2ccc([N+](=O)[O-])cc2)c(N)c(N=Nc2ccc([N+](=O)[O-])cc2)c(N)c1N=Nc1ccc([N+](=O)[O-])cc1. The van der Waals surface area contributed by atoms with E-state index in [2.05, 4.69) is 30.7 Å². The number of azo groups is 3. The molecule has 0 aliphatic rings. The van der Waals surface area contributed by atoms with Gasteiger partial charge in [-0.25, -0.2) is 0 Å². The van der Waals surface area contributed by atoms with E-state index in [4.69, 9.17) is 17.2 Å². The molecule has 0 aromatic heterocycles. The van der Waals surface area contributed by atoms with Crippen LogP contribution in [0.4, 0.5) is 68.2 Å². The molecule has 4 rings (SSSR count). The van der Waals surface area contributed by atoms with E-state index in [1.807, 2.05) is 0 Å². The minimum absolute atomic E-state index is 0.113. The van der Waals surface area contributed by atoms with Gasteiger partial charge in [0.25, 0.3) is 17.1 Å². The van der Waals surface area contributed by atoms with Crippen LogP contribution in [0.15, 0.2) is 103 Å². The molecule has 0 amide bonds. The Bertz CT molecular complexity index is 1540. The molecule has 0 aliphatic heterocycles. The first-order valence-electron chi connectivity index (χ1n) is 11.5. The van der Waals surface area contributed by atoms with Crippen LogP contribution in [0.3, 0.4) is 0 Å². The summed E-state index contributed by atoms with van der Waals surface area (Å²) < 4.78 is 0. The van der Waals surface area contributed by atoms with Crippen molar-refractivity contribution in [2.45, 2.75) is 0 Å². The van der Waals surface area contributed by atoms with Crippen molar-refractivity contribution in [1.29, 1.82) is 0 Å². The van der Waals surface area contributed by atoms with Gasteiger partial charge in [-0.1, -0.05) is 0 Å². The summed E-state index contributed by atoms with van der Waals surface area (Å²) in [5, 5.41) is 57.1. The first kappa shape index (κ1) is 28.3. The van der Waals surface area contributed by atoms with Crippen molar-refractivity contribution in [2.24, 2.45) is 30.7 Å². The molecular formula is C24H18N12O6. The maximum Gasteiger partial charge on any atom is 0.269 e. The van der Waals surface area contributed by atoms with E-state index in [0.29, 0.717) is 0 Å². The van der Waals surface area contributed by atoms with Gasteiger partial charge < -0.3 is 17.2 Å². The van der Waals surface area contributed by atoms with Crippen LogP contribution >= 0.6 is 0 Å². The Morgan fingerprint density at radius 2 is 0.619 bits per heavy atom. The van der Waals surface area contributed by atoms with E-state index in [1.54, 1.807) is 0 Å². The standard InChI is InChI=1S/C24H18N12O6/c25-19-22(31-28-13-1-7-16(8-2-13)34(37)38)20(26)24(33-30-15-5-11-18(12-6-15)36(41)42)21(27)23(19)32-29-14-3-9-17(10-4-14)35(39)40/h1-12H,25-27H2. The molecule has 0 heterocycles. The smallest absolute Gasteiger partial charge is 0.269 e. The van der Waals surface area contributed by atoms with Crippen LogP contribution in [0, 0.1) is 30.3 Å². The second-order valence-corrected chi connectivity index (χ2v) is 8.21. The molecule has 18 heteroatoms. The Balaban J connectivity index is 1.78. The number of rotatable bonds is 9. The Hall–Kier alpha value is -6.72. The first-order valence-corrected chi connectivity index (χ1v) is 11.5. The summed E-state index contributed by atoms with van der Waals surface area (Å²) in [5.74, 6) is 0. The van der Waals surface area contributed by atoms with Crippen molar-refractivity contribution in [1.82, 2.24) is 0 Å². The van der Waals surface area contributed by atoms with Crippen molar-refractivity contribution in [2.75, 3.05) is 17.2 Å². The second-order valence-electron chi connectivity index (χ2n) is 8.21. The number of hydrogen-bond donors (Lipinski definition) is 3. The zero-order valence-corrected chi connectivity index (χ0v) is 21.1. The minimum atomic E-state index is -0.568. The second kappa shape index (κ2) is 12.0. The Kier molecular flexibility index (Phi) is 8.07. The lowest BCUT2D eigenvalue weighted by Crippen LogP contribution is -1.98. The third-order valence-corrected chi connectivity index (χ3v) is 5.51. The van der Waals surface area contributed by atoms with Gasteiger partial charge in [-0.05, 0) is 36.4 Å². The fourth-order valence-corrected chi connectivity index (χ4v) is 3.34. The van der Waals surface area contributed by atoms with Crippen molar-refractivity contribution < 1.29 is 14.8 Å². The molecule has 0 fully saturated rings. The van der Waals surface area contributed by atoms with Crippen molar-refractivity contribution in [3.63, 3.8) is 0 Å². The van der Waals surface area contributed by atoms with Gasteiger partial charge in [-0.3, -0.25) is 30.3 Å². The average molecular weight is 570 g/mol. The molecule has 0 atom stereocenters. The van der Waals surface area contributed by atoms with Gasteiger partial charge in [0.05, 0.1) is 48.9 Å². The van der Waals surface area contributed by atoms with Gasteiger partial charge in [0, 0.05) is 36.4 Å². The van der Waals surface area contributed by atoms with Crippen LogP contribution in [0.1, 0.15) is 0 Å². The van der Waals surface area contributed by atoms with Gasteiger partial charge >= 0.3 is 0 Å². The van der Waals surface area contributed by atoms with E-state index in [0.717, 1.165) is 0 Å². The normalized spacial score (nSPS) is 11.4. The van der Waals surface area contributed by atoms with Crippen molar-refractivity contribution in [3.8, 4) is 0 Å². The highest BCUT2D eigenvalue weighted by Crippen LogP contribution is 2.51. The Labute approximate surface area is 234 Å². The molecule has 42 heavy (non-hydrogen) atoms. The average Bonchev–Trinajstić information content (AvgIpc) is 2.97. The summed E-state index contributed by atoms with van der Waals surface area (Å²) in [6.45, 7) is 0. The number of non-ortho nitro benzene ring substituents is 3. The zero-order chi connectivity index (χ0) is 30.4. The molecule has 4 aromatic carbocycles. The first-order chi connectivity index (χ1) is 20.0. The lowest BCUT2D eigenvalue weighted by Gasteiger charge is -2.12. The molecule has 0 unspecified atom stereocenters. The van der Waals surface area contributed by atoms with Gasteiger partial charge in [0.2, 0.25) is 0 Å². The van der Waals surface area contributed by atoms with E-state index in [-0.39, 0.29) is 68.2 Å². The largest absolute Gasteiger partial charge is 0.395 e. The highest BCUT2D eigenvalue weighted by atomic mass is 16.6. The van der Waals surface area contributed by atoms with Gasteiger partial charge in [-0.15, -0.1) is 15.3 Å². The predicted molar refractivity (Wildman–Crippen MR) is 151 cm³/mol. The molecule has 18 nitrogen and oxygen atoms in total. The number of anilines is 3. The fourth-order valence-electron chi connectivity index (χ4n) is 3.34. The van der Waals surface area contributed by atoms with Crippen LogP contribution in [-0.2, 0) is 0 Å². The monoisotopic (exact) mass is 570 g/mol. The number of nitro benzene ring substituents is 3. The molecule has 0 bridgehead atoms. The summed E-state index contributed by atoms with van der Waals surface area (Å²) in [5.41, 5.74) is 18.3. The number of nitrogens with zero attached hydrogens (tertiary/aromatic N) is 9. The van der Waals surface area contributed by atoms with Crippen LogP contribution in [0.2, 0.25) is 0 Å². The topological polar surface area (TPSA) is 282 Å². The number of nitrogens with two attached hydrogens (primary N) is 3. The molecule has 0 radical (unpaired) electrons. The summed E-state index contributed by atoms with van der Waals surface area (Å²) in [7, 11) is 0. The minimum Gasteiger partial charge on any atom is -0.395 e.